The monoisotopic (exact) mass is 269 g/mol. The number of hydrogen-bond acceptors (Lipinski definition) is 3. The first-order valence-corrected chi connectivity index (χ1v) is 7.23. The van der Waals surface area contributed by atoms with Gasteiger partial charge >= 0.3 is 5.97 Å². The first-order valence-electron chi connectivity index (χ1n) is 7.23. The van der Waals surface area contributed by atoms with Gasteiger partial charge in [0.1, 0.15) is 0 Å². The molecule has 2 saturated heterocycles. The molecule has 2 aliphatic heterocycles. The van der Waals surface area contributed by atoms with Crippen molar-refractivity contribution in [2.75, 3.05) is 13.2 Å². The Labute approximate surface area is 113 Å². The number of ether oxygens (including phenoxy) is 1. The van der Waals surface area contributed by atoms with E-state index in [2.05, 4.69) is 0 Å². The number of aliphatic carboxylic acids is 1. The third-order valence-corrected chi connectivity index (χ3v) is 4.30. The molecular formula is C14H23NO4. The molecule has 0 saturated carbocycles. The molecule has 0 aromatic carbocycles. The van der Waals surface area contributed by atoms with Crippen LogP contribution >= 0.6 is 0 Å². The van der Waals surface area contributed by atoms with Gasteiger partial charge in [-0.2, -0.15) is 0 Å². The van der Waals surface area contributed by atoms with Crippen molar-refractivity contribution in [3.05, 3.63) is 0 Å². The van der Waals surface area contributed by atoms with E-state index in [-0.39, 0.29) is 18.1 Å². The molecule has 3 atom stereocenters. The van der Waals surface area contributed by atoms with Crippen LogP contribution < -0.4 is 0 Å². The molecule has 0 aromatic rings. The molecule has 0 aromatic heterocycles. The summed E-state index contributed by atoms with van der Waals surface area (Å²) in [5, 5.41) is 9.17. The minimum atomic E-state index is -0.793. The number of amides is 1. The molecule has 0 bridgehead atoms. The molecule has 108 valence electrons. The Morgan fingerprint density at radius 2 is 2.05 bits per heavy atom. The van der Waals surface area contributed by atoms with Crippen molar-refractivity contribution in [1.29, 1.82) is 0 Å². The lowest BCUT2D eigenvalue weighted by Gasteiger charge is -2.38. The second kappa shape index (κ2) is 6.37. The SMILES string of the molecule is C[C@@H]1[C@H](C(=O)O)CCCN1C(=O)CC1CCCCO1. The molecule has 2 rings (SSSR count). The van der Waals surface area contributed by atoms with Crippen LogP contribution in [0.1, 0.15) is 45.4 Å². The number of piperidine rings is 1. The van der Waals surface area contributed by atoms with Gasteiger partial charge in [0, 0.05) is 19.2 Å². The topological polar surface area (TPSA) is 66.8 Å². The fraction of sp³-hybridized carbons (Fsp3) is 0.857. The summed E-state index contributed by atoms with van der Waals surface area (Å²) in [6.07, 6.45) is 5.00. The van der Waals surface area contributed by atoms with E-state index < -0.39 is 11.9 Å². The van der Waals surface area contributed by atoms with E-state index in [0.29, 0.717) is 19.4 Å². The number of hydrogen-bond donors (Lipinski definition) is 1. The van der Waals surface area contributed by atoms with Crippen molar-refractivity contribution in [2.45, 2.75) is 57.6 Å². The second-order valence-electron chi connectivity index (χ2n) is 5.61. The molecule has 0 spiro atoms. The molecule has 1 N–H and O–H groups in total. The van der Waals surface area contributed by atoms with E-state index in [1.165, 1.54) is 0 Å². The van der Waals surface area contributed by atoms with Gasteiger partial charge in [-0.1, -0.05) is 0 Å². The Hall–Kier alpha value is -1.10. The van der Waals surface area contributed by atoms with Crippen LogP contribution in [-0.2, 0) is 14.3 Å². The molecule has 5 nitrogen and oxygen atoms in total. The number of carboxylic acid groups (broad SMARTS) is 1. The predicted molar refractivity (Wildman–Crippen MR) is 69.7 cm³/mol. The molecule has 1 unspecified atom stereocenters. The second-order valence-corrected chi connectivity index (χ2v) is 5.61. The van der Waals surface area contributed by atoms with Crippen LogP contribution in [0, 0.1) is 5.92 Å². The van der Waals surface area contributed by atoms with Crippen molar-refractivity contribution >= 4 is 11.9 Å². The summed E-state index contributed by atoms with van der Waals surface area (Å²) in [7, 11) is 0. The van der Waals surface area contributed by atoms with Crippen molar-refractivity contribution in [3.8, 4) is 0 Å². The van der Waals surface area contributed by atoms with E-state index in [9.17, 15) is 9.59 Å². The normalized spacial score (nSPS) is 32.1. The van der Waals surface area contributed by atoms with E-state index >= 15 is 0 Å². The van der Waals surface area contributed by atoms with Gasteiger partial charge in [0.15, 0.2) is 0 Å². The quantitative estimate of drug-likeness (QED) is 0.846. The average Bonchev–Trinajstić information content (AvgIpc) is 2.39. The van der Waals surface area contributed by atoms with Crippen LogP contribution in [0.4, 0.5) is 0 Å². The maximum Gasteiger partial charge on any atom is 0.308 e. The van der Waals surface area contributed by atoms with Gasteiger partial charge in [0.25, 0.3) is 0 Å². The molecule has 19 heavy (non-hydrogen) atoms. The summed E-state index contributed by atoms with van der Waals surface area (Å²) in [5.41, 5.74) is 0. The third kappa shape index (κ3) is 3.47. The smallest absolute Gasteiger partial charge is 0.308 e. The number of carbonyl (C=O) groups excluding carboxylic acids is 1. The van der Waals surface area contributed by atoms with Crippen molar-refractivity contribution < 1.29 is 19.4 Å². The number of carboxylic acids is 1. The Morgan fingerprint density at radius 1 is 1.26 bits per heavy atom. The van der Waals surface area contributed by atoms with Gasteiger partial charge in [-0.15, -0.1) is 0 Å². The van der Waals surface area contributed by atoms with Crippen LogP contribution in [0.3, 0.4) is 0 Å². The Kier molecular flexibility index (Phi) is 4.80. The summed E-state index contributed by atoms with van der Waals surface area (Å²) >= 11 is 0. The summed E-state index contributed by atoms with van der Waals surface area (Å²) in [5.74, 6) is -1.17. The number of rotatable bonds is 3. The lowest BCUT2D eigenvalue weighted by Crippen LogP contribution is -2.50. The fourth-order valence-electron chi connectivity index (χ4n) is 3.11. The first-order chi connectivity index (χ1) is 9.09. The van der Waals surface area contributed by atoms with E-state index in [4.69, 9.17) is 9.84 Å². The maximum absolute atomic E-state index is 12.3. The van der Waals surface area contributed by atoms with Crippen molar-refractivity contribution in [3.63, 3.8) is 0 Å². The molecule has 2 aliphatic rings. The highest BCUT2D eigenvalue weighted by molar-refractivity contribution is 5.79. The van der Waals surface area contributed by atoms with E-state index in [0.717, 1.165) is 32.3 Å². The number of nitrogens with zero attached hydrogens (tertiary/aromatic N) is 1. The standard InChI is InChI=1S/C14H23NO4/c1-10-12(14(17)18)6-4-7-15(10)13(16)9-11-5-2-3-8-19-11/h10-12H,2-9H2,1H3,(H,17,18)/t10-,11?,12-/m1/s1. The zero-order valence-corrected chi connectivity index (χ0v) is 11.5. The van der Waals surface area contributed by atoms with Gasteiger partial charge < -0.3 is 14.7 Å². The van der Waals surface area contributed by atoms with Crippen LogP contribution in [0.5, 0.6) is 0 Å². The fourth-order valence-corrected chi connectivity index (χ4v) is 3.11. The lowest BCUT2D eigenvalue weighted by molar-refractivity contribution is -0.150. The van der Waals surface area contributed by atoms with Gasteiger partial charge in [-0.05, 0) is 39.0 Å². The first kappa shape index (κ1) is 14.3. The summed E-state index contributed by atoms with van der Waals surface area (Å²) in [6.45, 7) is 3.26. The minimum Gasteiger partial charge on any atom is -0.481 e. The van der Waals surface area contributed by atoms with Crippen LogP contribution in [0.25, 0.3) is 0 Å². The highest BCUT2D eigenvalue weighted by atomic mass is 16.5. The average molecular weight is 269 g/mol. The van der Waals surface area contributed by atoms with Gasteiger partial charge in [-0.25, -0.2) is 0 Å². The molecular weight excluding hydrogens is 246 g/mol. The summed E-state index contributed by atoms with van der Waals surface area (Å²) < 4.78 is 5.59. The van der Waals surface area contributed by atoms with Gasteiger partial charge in [0.05, 0.1) is 18.4 Å². The minimum absolute atomic E-state index is 0.0265. The lowest BCUT2D eigenvalue weighted by atomic mass is 9.90. The molecule has 0 radical (unpaired) electrons. The highest BCUT2D eigenvalue weighted by Crippen LogP contribution is 2.25. The van der Waals surface area contributed by atoms with Crippen LogP contribution in [-0.4, -0.2) is 47.2 Å². The highest BCUT2D eigenvalue weighted by Gasteiger charge is 2.35. The zero-order valence-electron chi connectivity index (χ0n) is 11.5. The Morgan fingerprint density at radius 3 is 2.68 bits per heavy atom. The molecule has 0 aliphatic carbocycles. The van der Waals surface area contributed by atoms with E-state index in [1.807, 2.05) is 6.92 Å². The summed E-state index contributed by atoms with van der Waals surface area (Å²) in [6, 6.07) is -0.206. The summed E-state index contributed by atoms with van der Waals surface area (Å²) in [4.78, 5) is 25.2. The van der Waals surface area contributed by atoms with Crippen molar-refractivity contribution in [1.82, 2.24) is 4.90 Å². The van der Waals surface area contributed by atoms with Crippen LogP contribution in [0.2, 0.25) is 0 Å². The van der Waals surface area contributed by atoms with Crippen LogP contribution in [0.15, 0.2) is 0 Å². The predicted octanol–water partition coefficient (Wildman–Crippen LogP) is 1.66. The zero-order chi connectivity index (χ0) is 13.8. The number of carbonyl (C=O) groups is 2. The number of likely N-dealkylation sites (tertiary alicyclic amines) is 1. The Balaban J connectivity index is 1.91. The largest absolute Gasteiger partial charge is 0.481 e. The Bertz CT molecular complexity index is 338. The molecule has 5 heteroatoms. The van der Waals surface area contributed by atoms with Gasteiger partial charge in [-0.3, -0.25) is 9.59 Å². The molecule has 1 amide bonds. The molecule has 2 fully saturated rings. The molecule has 2 heterocycles. The maximum atomic E-state index is 12.3. The van der Waals surface area contributed by atoms with E-state index in [1.54, 1.807) is 4.90 Å². The van der Waals surface area contributed by atoms with Crippen molar-refractivity contribution in [2.24, 2.45) is 5.92 Å². The van der Waals surface area contributed by atoms with Gasteiger partial charge in [0.2, 0.25) is 5.91 Å². The third-order valence-electron chi connectivity index (χ3n) is 4.30.